The third-order valence-corrected chi connectivity index (χ3v) is 2.36. The minimum Gasteiger partial charge on any atom is -0.389 e. The number of aromatic nitrogens is 1. The van der Waals surface area contributed by atoms with Gasteiger partial charge in [-0.1, -0.05) is 6.07 Å². The second-order valence-corrected chi connectivity index (χ2v) is 3.38. The van der Waals surface area contributed by atoms with E-state index in [1.807, 2.05) is 0 Å². The molecule has 1 heterocycles. The van der Waals surface area contributed by atoms with E-state index in [9.17, 15) is 15.2 Å². The smallest absolute Gasteiger partial charge is 0.279 e. The minimum absolute atomic E-state index is 0.0182. The maximum absolute atomic E-state index is 10.8. The van der Waals surface area contributed by atoms with Gasteiger partial charge in [-0.05, 0) is 13.0 Å². The van der Waals surface area contributed by atoms with Gasteiger partial charge < -0.3 is 10.1 Å². The van der Waals surface area contributed by atoms with Crippen LogP contribution >= 0.6 is 0 Å². The molecule has 0 radical (unpaired) electrons. The van der Waals surface area contributed by atoms with E-state index < -0.39 is 11.0 Å². The summed E-state index contributed by atoms with van der Waals surface area (Å²) in [4.78, 5) is 13.3. The lowest BCUT2D eigenvalue weighted by Gasteiger charge is -2.01. The Morgan fingerprint density at radius 3 is 2.87 bits per heavy atom. The molecule has 0 unspecified atom stereocenters. The number of benzene rings is 1. The van der Waals surface area contributed by atoms with Gasteiger partial charge in [0.15, 0.2) is 0 Å². The summed E-state index contributed by atoms with van der Waals surface area (Å²) >= 11 is 0. The summed E-state index contributed by atoms with van der Waals surface area (Å²) in [6, 6.07) is 4.79. The van der Waals surface area contributed by atoms with E-state index in [0.717, 1.165) is 0 Å². The summed E-state index contributed by atoms with van der Waals surface area (Å²) in [6.07, 6.45) is 0.877. The van der Waals surface area contributed by atoms with Crippen molar-refractivity contribution in [1.82, 2.24) is 4.98 Å². The van der Waals surface area contributed by atoms with Gasteiger partial charge in [0.2, 0.25) is 0 Å². The fourth-order valence-electron chi connectivity index (χ4n) is 1.67. The molecule has 2 N–H and O–H groups in total. The highest BCUT2D eigenvalue weighted by Gasteiger charge is 2.18. The molecule has 5 heteroatoms. The highest BCUT2D eigenvalue weighted by atomic mass is 16.6. The van der Waals surface area contributed by atoms with Gasteiger partial charge in [0.25, 0.3) is 5.69 Å². The molecule has 5 nitrogen and oxygen atoms in total. The first-order valence-electron chi connectivity index (χ1n) is 4.53. The van der Waals surface area contributed by atoms with Crippen LogP contribution in [0.4, 0.5) is 5.69 Å². The number of aliphatic hydroxyl groups is 1. The Hall–Kier alpha value is -1.88. The number of rotatable bonds is 2. The number of aliphatic hydroxyl groups excluding tert-OH is 1. The Morgan fingerprint density at radius 2 is 2.27 bits per heavy atom. The Bertz CT molecular complexity index is 516. The van der Waals surface area contributed by atoms with Crippen LogP contribution in [0.3, 0.4) is 0 Å². The van der Waals surface area contributed by atoms with Crippen LogP contribution in [-0.2, 0) is 0 Å². The van der Waals surface area contributed by atoms with E-state index in [-0.39, 0.29) is 5.69 Å². The molecule has 0 aliphatic rings. The molecule has 0 bridgehead atoms. The third-order valence-electron chi connectivity index (χ3n) is 2.36. The number of nitrogens with zero attached hydrogens (tertiary/aromatic N) is 1. The van der Waals surface area contributed by atoms with Crippen molar-refractivity contribution < 1.29 is 10.0 Å². The fraction of sp³-hybridized carbons (Fsp3) is 0.200. The summed E-state index contributed by atoms with van der Waals surface area (Å²) in [5.74, 6) is 0. The number of H-pyrrole nitrogens is 1. The molecule has 2 rings (SSSR count). The average molecular weight is 206 g/mol. The van der Waals surface area contributed by atoms with E-state index in [1.165, 1.54) is 6.07 Å². The summed E-state index contributed by atoms with van der Waals surface area (Å²) in [5, 5.41) is 20.8. The molecule has 78 valence electrons. The Morgan fingerprint density at radius 1 is 1.53 bits per heavy atom. The largest absolute Gasteiger partial charge is 0.389 e. The van der Waals surface area contributed by atoms with Gasteiger partial charge >= 0.3 is 0 Å². The van der Waals surface area contributed by atoms with E-state index in [1.54, 1.807) is 25.3 Å². The zero-order valence-electron chi connectivity index (χ0n) is 8.10. The van der Waals surface area contributed by atoms with E-state index in [2.05, 4.69) is 4.98 Å². The van der Waals surface area contributed by atoms with Crippen molar-refractivity contribution in [2.24, 2.45) is 0 Å². The monoisotopic (exact) mass is 206 g/mol. The predicted molar refractivity (Wildman–Crippen MR) is 55.6 cm³/mol. The van der Waals surface area contributed by atoms with Crippen LogP contribution in [0.15, 0.2) is 24.4 Å². The normalized spacial score (nSPS) is 12.9. The molecule has 2 aromatic rings. The van der Waals surface area contributed by atoms with Gasteiger partial charge in [-0.25, -0.2) is 0 Å². The predicted octanol–water partition coefficient (Wildman–Crippen LogP) is 2.13. The van der Waals surface area contributed by atoms with Gasteiger partial charge in [-0.2, -0.15) is 0 Å². The molecule has 0 fully saturated rings. The number of non-ortho nitro benzene ring substituents is 1. The Balaban J connectivity index is 2.80. The standard InChI is InChI=1S/C10H10N2O3/c1-6(13)7-5-11-8-3-2-4-9(10(7)8)12(14)15/h2-6,11,13H,1H3/t6-/m1/s1. The molecule has 0 saturated heterocycles. The van der Waals surface area contributed by atoms with Gasteiger partial charge in [0.05, 0.1) is 21.9 Å². The van der Waals surface area contributed by atoms with Gasteiger partial charge in [-0.3, -0.25) is 10.1 Å². The maximum Gasteiger partial charge on any atom is 0.279 e. The van der Waals surface area contributed by atoms with Crippen LogP contribution in [-0.4, -0.2) is 15.0 Å². The topological polar surface area (TPSA) is 79.2 Å². The fourth-order valence-corrected chi connectivity index (χ4v) is 1.67. The van der Waals surface area contributed by atoms with Crippen molar-refractivity contribution in [2.75, 3.05) is 0 Å². The minimum atomic E-state index is -0.722. The van der Waals surface area contributed by atoms with Crippen LogP contribution in [0.5, 0.6) is 0 Å². The summed E-state index contributed by atoms with van der Waals surface area (Å²) < 4.78 is 0. The number of nitro benzene ring substituents is 1. The number of nitrogens with one attached hydrogen (secondary N) is 1. The van der Waals surface area contributed by atoms with Crippen molar-refractivity contribution in [2.45, 2.75) is 13.0 Å². The number of aromatic amines is 1. The quantitative estimate of drug-likeness (QED) is 0.583. The SMILES string of the molecule is C[C@@H](O)c1c[nH]c2cccc([N+](=O)[O-])c12. The molecule has 1 atom stereocenters. The number of hydrogen-bond donors (Lipinski definition) is 2. The van der Waals surface area contributed by atoms with E-state index in [0.29, 0.717) is 16.5 Å². The molecule has 0 aliphatic carbocycles. The number of hydrogen-bond acceptors (Lipinski definition) is 3. The van der Waals surface area contributed by atoms with Crippen molar-refractivity contribution in [3.05, 3.63) is 40.1 Å². The van der Waals surface area contributed by atoms with Crippen LogP contribution in [0.25, 0.3) is 10.9 Å². The third kappa shape index (κ3) is 1.46. The van der Waals surface area contributed by atoms with Crippen LogP contribution < -0.4 is 0 Å². The lowest BCUT2D eigenvalue weighted by Crippen LogP contribution is -1.93. The molecule has 15 heavy (non-hydrogen) atoms. The maximum atomic E-state index is 10.8. The lowest BCUT2D eigenvalue weighted by atomic mass is 10.1. The second kappa shape index (κ2) is 3.36. The molecule has 1 aromatic carbocycles. The van der Waals surface area contributed by atoms with E-state index in [4.69, 9.17) is 0 Å². The summed E-state index contributed by atoms with van der Waals surface area (Å²) in [5.41, 5.74) is 1.24. The number of fused-ring (bicyclic) bond motifs is 1. The average Bonchev–Trinajstić information content (AvgIpc) is 2.60. The molecule has 0 saturated carbocycles. The molecule has 0 aliphatic heterocycles. The second-order valence-electron chi connectivity index (χ2n) is 3.38. The first-order chi connectivity index (χ1) is 7.11. The lowest BCUT2D eigenvalue weighted by molar-refractivity contribution is -0.383. The Kier molecular flexibility index (Phi) is 2.17. The molecular formula is C10H10N2O3. The van der Waals surface area contributed by atoms with Gasteiger partial charge in [0.1, 0.15) is 0 Å². The summed E-state index contributed by atoms with van der Waals surface area (Å²) in [6.45, 7) is 1.58. The van der Waals surface area contributed by atoms with Crippen molar-refractivity contribution >= 4 is 16.6 Å². The first-order valence-corrected chi connectivity index (χ1v) is 4.53. The van der Waals surface area contributed by atoms with Crippen molar-refractivity contribution in [1.29, 1.82) is 0 Å². The highest BCUT2D eigenvalue weighted by Crippen LogP contribution is 2.31. The van der Waals surface area contributed by atoms with E-state index >= 15 is 0 Å². The highest BCUT2D eigenvalue weighted by molar-refractivity contribution is 5.92. The molecule has 1 aromatic heterocycles. The van der Waals surface area contributed by atoms with Crippen molar-refractivity contribution in [3.63, 3.8) is 0 Å². The van der Waals surface area contributed by atoms with Crippen LogP contribution in [0, 0.1) is 10.1 Å². The molecule has 0 spiro atoms. The zero-order chi connectivity index (χ0) is 11.0. The van der Waals surface area contributed by atoms with Gasteiger partial charge in [0, 0.05) is 17.8 Å². The molecule has 0 amide bonds. The van der Waals surface area contributed by atoms with Crippen LogP contribution in [0.2, 0.25) is 0 Å². The zero-order valence-corrected chi connectivity index (χ0v) is 8.10. The van der Waals surface area contributed by atoms with Crippen molar-refractivity contribution in [3.8, 4) is 0 Å². The van der Waals surface area contributed by atoms with Crippen LogP contribution in [0.1, 0.15) is 18.6 Å². The summed E-state index contributed by atoms with van der Waals surface area (Å²) in [7, 11) is 0. The Labute approximate surface area is 85.5 Å². The first kappa shape index (κ1) is 9.67. The number of nitro groups is 1. The molecular weight excluding hydrogens is 196 g/mol. The van der Waals surface area contributed by atoms with Gasteiger partial charge in [-0.15, -0.1) is 0 Å².